The Morgan fingerprint density at radius 2 is 1.77 bits per heavy atom. The molecule has 1 aliphatic carbocycles. The number of benzene rings is 2. The Balaban J connectivity index is 1.60. The average molecular weight is 420 g/mol. The van der Waals surface area contributed by atoms with Crippen molar-refractivity contribution in [1.29, 1.82) is 0 Å². The summed E-state index contributed by atoms with van der Waals surface area (Å²) in [5, 5.41) is 0. The number of imide groups is 1. The van der Waals surface area contributed by atoms with Gasteiger partial charge in [-0.1, -0.05) is 29.8 Å². The van der Waals surface area contributed by atoms with Crippen LogP contribution in [0.5, 0.6) is 0 Å². The third kappa shape index (κ3) is 4.58. The number of para-hydroxylation sites is 1. The molecule has 160 valence electrons. The van der Waals surface area contributed by atoms with Crippen LogP contribution in [0.4, 0.5) is 10.1 Å². The standard InChI is InChI=1S/C25H25FN2O3/c26-20-13-11-19(12-14-20)24(30)27(16-15-18-7-3-1-4-8-18)22-17-23(29)28(25(22)31)21-9-5-2-6-10-21/h2,5-7,9-14,22H,1,3-4,8,15-17H2. The van der Waals surface area contributed by atoms with Crippen molar-refractivity contribution in [3.63, 3.8) is 0 Å². The van der Waals surface area contributed by atoms with Crippen LogP contribution in [-0.2, 0) is 9.59 Å². The van der Waals surface area contributed by atoms with Gasteiger partial charge in [0.05, 0.1) is 12.1 Å². The molecule has 1 saturated heterocycles. The zero-order chi connectivity index (χ0) is 21.8. The van der Waals surface area contributed by atoms with E-state index in [0.717, 1.165) is 24.2 Å². The van der Waals surface area contributed by atoms with E-state index < -0.39 is 17.8 Å². The lowest BCUT2D eigenvalue weighted by Gasteiger charge is -2.28. The lowest BCUT2D eigenvalue weighted by Crippen LogP contribution is -2.46. The molecule has 3 amide bonds. The summed E-state index contributed by atoms with van der Waals surface area (Å²) in [5.41, 5.74) is 2.08. The summed E-state index contributed by atoms with van der Waals surface area (Å²) >= 11 is 0. The fourth-order valence-electron chi connectivity index (χ4n) is 4.26. The van der Waals surface area contributed by atoms with Crippen molar-refractivity contribution >= 4 is 23.4 Å². The van der Waals surface area contributed by atoms with Crippen molar-refractivity contribution < 1.29 is 18.8 Å². The molecular weight excluding hydrogens is 395 g/mol. The molecule has 0 aromatic heterocycles. The lowest BCUT2D eigenvalue weighted by atomic mass is 9.96. The van der Waals surface area contributed by atoms with Crippen molar-refractivity contribution in [3.05, 3.63) is 77.6 Å². The molecule has 2 aliphatic rings. The van der Waals surface area contributed by atoms with Crippen LogP contribution < -0.4 is 4.90 Å². The van der Waals surface area contributed by atoms with Crippen LogP contribution in [0.2, 0.25) is 0 Å². The Labute approximate surface area is 181 Å². The second kappa shape index (κ2) is 9.25. The van der Waals surface area contributed by atoms with Crippen LogP contribution in [0.15, 0.2) is 66.2 Å². The molecule has 1 heterocycles. The van der Waals surface area contributed by atoms with E-state index in [1.807, 2.05) is 6.07 Å². The highest BCUT2D eigenvalue weighted by Crippen LogP contribution is 2.28. The Bertz CT molecular complexity index is 1000. The Morgan fingerprint density at radius 3 is 2.45 bits per heavy atom. The molecule has 0 saturated carbocycles. The van der Waals surface area contributed by atoms with E-state index in [9.17, 15) is 18.8 Å². The molecule has 1 atom stereocenters. The predicted octanol–water partition coefficient (Wildman–Crippen LogP) is 4.49. The minimum absolute atomic E-state index is 0.0558. The highest BCUT2D eigenvalue weighted by Gasteiger charge is 2.44. The second-order valence-corrected chi connectivity index (χ2v) is 7.99. The van der Waals surface area contributed by atoms with Gasteiger partial charge < -0.3 is 4.90 Å². The summed E-state index contributed by atoms with van der Waals surface area (Å²) in [7, 11) is 0. The number of nitrogens with zero attached hydrogens (tertiary/aromatic N) is 2. The van der Waals surface area contributed by atoms with Gasteiger partial charge in [0.15, 0.2) is 0 Å². The van der Waals surface area contributed by atoms with Crippen molar-refractivity contribution in [3.8, 4) is 0 Å². The minimum atomic E-state index is -0.866. The van der Waals surface area contributed by atoms with E-state index in [0.29, 0.717) is 24.2 Å². The fourth-order valence-corrected chi connectivity index (χ4v) is 4.26. The molecular formula is C25H25FN2O3. The summed E-state index contributed by atoms with van der Waals surface area (Å²) in [4.78, 5) is 41.9. The first-order valence-corrected chi connectivity index (χ1v) is 10.7. The first-order chi connectivity index (χ1) is 15.0. The Morgan fingerprint density at radius 1 is 1.03 bits per heavy atom. The molecule has 2 aromatic rings. The number of hydrogen-bond acceptors (Lipinski definition) is 3. The van der Waals surface area contributed by atoms with Gasteiger partial charge in [-0.25, -0.2) is 9.29 Å². The first kappa shape index (κ1) is 21.0. The number of hydrogen-bond donors (Lipinski definition) is 0. The van der Waals surface area contributed by atoms with Gasteiger partial charge in [-0.05, 0) is 68.5 Å². The van der Waals surface area contributed by atoms with Crippen molar-refractivity contribution in [1.82, 2.24) is 4.90 Å². The number of anilines is 1. The van der Waals surface area contributed by atoms with E-state index in [2.05, 4.69) is 6.08 Å². The minimum Gasteiger partial charge on any atom is -0.326 e. The highest BCUT2D eigenvalue weighted by atomic mass is 19.1. The fraction of sp³-hybridized carbons (Fsp3) is 0.320. The van der Waals surface area contributed by atoms with Gasteiger partial charge in [-0.15, -0.1) is 0 Å². The molecule has 1 fully saturated rings. The molecule has 0 spiro atoms. The average Bonchev–Trinajstić information content (AvgIpc) is 3.09. The maximum absolute atomic E-state index is 13.4. The van der Waals surface area contributed by atoms with E-state index in [1.165, 1.54) is 41.2 Å². The number of halogens is 1. The van der Waals surface area contributed by atoms with Crippen molar-refractivity contribution in [2.75, 3.05) is 11.4 Å². The number of amides is 3. The molecule has 6 heteroatoms. The van der Waals surface area contributed by atoms with Crippen molar-refractivity contribution in [2.24, 2.45) is 0 Å². The molecule has 5 nitrogen and oxygen atoms in total. The summed E-state index contributed by atoms with van der Waals surface area (Å²) in [5.74, 6) is -1.52. The number of allylic oxidation sites excluding steroid dienone is 1. The monoisotopic (exact) mass is 420 g/mol. The number of carbonyl (C=O) groups excluding carboxylic acids is 3. The molecule has 0 bridgehead atoms. The van der Waals surface area contributed by atoms with E-state index >= 15 is 0 Å². The first-order valence-electron chi connectivity index (χ1n) is 10.7. The van der Waals surface area contributed by atoms with E-state index in [4.69, 9.17) is 0 Å². The zero-order valence-electron chi connectivity index (χ0n) is 17.3. The normalized spacial score (nSPS) is 18.8. The van der Waals surface area contributed by atoms with Gasteiger partial charge in [-0.3, -0.25) is 14.4 Å². The number of carbonyl (C=O) groups is 3. The van der Waals surface area contributed by atoms with Gasteiger partial charge in [-0.2, -0.15) is 0 Å². The number of rotatable bonds is 6. The van der Waals surface area contributed by atoms with E-state index in [-0.39, 0.29) is 18.2 Å². The SMILES string of the molecule is O=C1CC(N(CCC2=CCCCC2)C(=O)c2ccc(F)cc2)C(=O)N1c1ccccc1. The summed E-state index contributed by atoms with van der Waals surface area (Å²) < 4.78 is 13.4. The summed E-state index contributed by atoms with van der Waals surface area (Å²) in [6.07, 6.45) is 7.14. The quantitative estimate of drug-likeness (QED) is 0.511. The Hall–Kier alpha value is -3.28. The molecule has 2 aromatic carbocycles. The summed E-state index contributed by atoms with van der Waals surface area (Å²) in [6.45, 7) is 0.342. The zero-order valence-corrected chi connectivity index (χ0v) is 17.3. The topological polar surface area (TPSA) is 57.7 Å². The molecule has 0 N–H and O–H groups in total. The van der Waals surface area contributed by atoms with Gasteiger partial charge in [0.1, 0.15) is 11.9 Å². The lowest BCUT2D eigenvalue weighted by molar-refractivity contribution is -0.122. The molecule has 4 rings (SSSR count). The maximum Gasteiger partial charge on any atom is 0.257 e. The largest absolute Gasteiger partial charge is 0.326 e. The second-order valence-electron chi connectivity index (χ2n) is 7.99. The van der Waals surface area contributed by atoms with Crippen molar-refractivity contribution in [2.45, 2.75) is 44.6 Å². The van der Waals surface area contributed by atoms with Gasteiger partial charge in [0, 0.05) is 12.1 Å². The molecule has 31 heavy (non-hydrogen) atoms. The van der Waals surface area contributed by atoms with Crippen LogP contribution in [0.1, 0.15) is 48.9 Å². The molecule has 1 aliphatic heterocycles. The Kier molecular flexibility index (Phi) is 6.26. The van der Waals surface area contributed by atoms with Crippen LogP contribution in [0.3, 0.4) is 0 Å². The highest BCUT2D eigenvalue weighted by molar-refractivity contribution is 6.23. The smallest absolute Gasteiger partial charge is 0.257 e. The van der Waals surface area contributed by atoms with Gasteiger partial charge >= 0.3 is 0 Å². The molecule has 0 radical (unpaired) electrons. The van der Waals surface area contributed by atoms with Crippen LogP contribution in [0, 0.1) is 5.82 Å². The van der Waals surface area contributed by atoms with E-state index in [1.54, 1.807) is 24.3 Å². The summed E-state index contributed by atoms with van der Waals surface area (Å²) in [6, 6.07) is 13.2. The van der Waals surface area contributed by atoms with Crippen LogP contribution in [-0.4, -0.2) is 35.2 Å². The maximum atomic E-state index is 13.4. The van der Waals surface area contributed by atoms with Gasteiger partial charge in [0.25, 0.3) is 11.8 Å². The predicted molar refractivity (Wildman–Crippen MR) is 116 cm³/mol. The van der Waals surface area contributed by atoms with Crippen LogP contribution >= 0.6 is 0 Å². The third-order valence-corrected chi connectivity index (χ3v) is 5.92. The van der Waals surface area contributed by atoms with Crippen LogP contribution in [0.25, 0.3) is 0 Å². The third-order valence-electron chi connectivity index (χ3n) is 5.92. The van der Waals surface area contributed by atoms with Gasteiger partial charge in [0.2, 0.25) is 5.91 Å². The molecule has 1 unspecified atom stereocenters.